The Morgan fingerprint density at radius 2 is 1.67 bits per heavy atom. The molecule has 1 aromatic rings. The van der Waals surface area contributed by atoms with Crippen molar-refractivity contribution in [3.63, 3.8) is 0 Å². The van der Waals surface area contributed by atoms with Crippen LogP contribution in [-0.4, -0.2) is 36.9 Å². The molecule has 0 bridgehead atoms. The SMILES string of the molecule is CN1CC(C)(C)c2cc(B3OC(C)(C)C(C)(C)O3)cnc21. The van der Waals surface area contributed by atoms with Crippen LogP contribution in [0.15, 0.2) is 12.3 Å². The molecule has 0 unspecified atom stereocenters. The minimum atomic E-state index is -0.338. The Labute approximate surface area is 128 Å². The summed E-state index contributed by atoms with van der Waals surface area (Å²) in [5.74, 6) is 1.07. The van der Waals surface area contributed by atoms with Crippen molar-refractivity contribution in [2.24, 2.45) is 0 Å². The van der Waals surface area contributed by atoms with Crippen LogP contribution in [0.2, 0.25) is 0 Å². The van der Waals surface area contributed by atoms with Crippen LogP contribution in [0.25, 0.3) is 0 Å². The molecule has 1 saturated heterocycles. The molecule has 0 aromatic carbocycles. The summed E-state index contributed by atoms with van der Waals surface area (Å²) in [6.45, 7) is 13.8. The van der Waals surface area contributed by atoms with Crippen molar-refractivity contribution < 1.29 is 9.31 Å². The highest BCUT2D eigenvalue weighted by Gasteiger charge is 2.52. The summed E-state index contributed by atoms with van der Waals surface area (Å²) in [7, 11) is 1.75. The van der Waals surface area contributed by atoms with E-state index in [4.69, 9.17) is 9.31 Å². The number of likely N-dealkylation sites (N-methyl/N-ethyl adjacent to an activating group) is 1. The van der Waals surface area contributed by atoms with Crippen LogP contribution >= 0.6 is 0 Å². The third-order valence-electron chi connectivity index (χ3n) is 5.14. The number of fused-ring (bicyclic) bond motifs is 1. The number of nitrogens with zero attached hydrogens (tertiary/aromatic N) is 2. The lowest BCUT2D eigenvalue weighted by Gasteiger charge is -2.32. The van der Waals surface area contributed by atoms with Crippen LogP contribution in [-0.2, 0) is 14.7 Å². The molecule has 5 heteroatoms. The van der Waals surface area contributed by atoms with E-state index in [9.17, 15) is 0 Å². The largest absolute Gasteiger partial charge is 0.496 e. The molecule has 0 radical (unpaired) electrons. The fourth-order valence-electron chi connectivity index (χ4n) is 3.14. The average Bonchev–Trinajstić information content (AvgIpc) is 2.70. The van der Waals surface area contributed by atoms with E-state index in [1.165, 1.54) is 5.56 Å². The van der Waals surface area contributed by atoms with Crippen LogP contribution in [0, 0.1) is 0 Å². The Morgan fingerprint density at radius 1 is 1.10 bits per heavy atom. The Morgan fingerprint density at radius 3 is 2.24 bits per heavy atom. The van der Waals surface area contributed by atoms with Gasteiger partial charge in [-0.05, 0) is 27.7 Å². The Bertz CT molecular complexity index is 568. The number of anilines is 1. The van der Waals surface area contributed by atoms with Crippen LogP contribution in [0.1, 0.15) is 47.1 Å². The van der Waals surface area contributed by atoms with Crippen molar-refractivity contribution in [3.8, 4) is 0 Å². The quantitative estimate of drug-likeness (QED) is 0.741. The molecular weight excluding hydrogens is 263 g/mol. The second-order valence-electron chi connectivity index (χ2n) is 7.97. The molecule has 0 N–H and O–H groups in total. The van der Waals surface area contributed by atoms with Gasteiger partial charge in [0.15, 0.2) is 0 Å². The maximum atomic E-state index is 6.13. The molecule has 4 nitrogen and oxygen atoms in total. The molecule has 0 saturated carbocycles. The van der Waals surface area contributed by atoms with E-state index in [0.717, 1.165) is 17.8 Å². The normalized spacial score (nSPS) is 25.3. The van der Waals surface area contributed by atoms with Gasteiger partial charge in [-0.1, -0.05) is 19.9 Å². The highest BCUT2D eigenvalue weighted by molar-refractivity contribution is 6.62. The molecule has 0 aliphatic carbocycles. The van der Waals surface area contributed by atoms with Crippen molar-refractivity contribution in [2.75, 3.05) is 18.5 Å². The number of rotatable bonds is 1. The summed E-state index contributed by atoms with van der Waals surface area (Å²) >= 11 is 0. The van der Waals surface area contributed by atoms with Crippen molar-refractivity contribution >= 4 is 18.4 Å². The minimum Gasteiger partial charge on any atom is -0.399 e. The van der Waals surface area contributed by atoms with Gasteiger partial charge >= 0.3 is 7.12 Å². The molecule has 2 aliphatic heterocycles. The van der Waals surface area contributed by atoms with E-state index >= 15 is 0 Å². The number of aromatic nitrogens is 1. The first-order valence-electron chi connectivity index (χ1n) is 7.61. The molecule has 0 amide bonds. The van der Waals surface area contributed by atoms with E-state index < -0.39 is 0 Å². The summed E-state index contributed by atoms with van der Waals surface area (Å²) in [5, 5.41) is 0. The first-order chi connectivity index (χ1) is 9.53. The summed E-state index contributed by atoms with van der Waals surface area (Å²) in [4.78, 5) is 6.85. The molecule has 1 aromatic heterocycles. The van der Waals surface area contributed by atoms with Gasteiger partial charge in [0.05, 0.1) is 11.2 Å². The summed E-state index contributed by atoms with van der Waals surface area (Å²) in [6.07, 6.45) is 1.89. The van der Waals surface area contributed by atoms with Crippen LogP contribution in [0.5, 0.6) is 0 Å². The lowest BCUT2D eigenvalue weighted by atomic mass is 9.77. The zero-order valence-electron chi connectivity index (χ0n) is 14.2. The summed E-state index contributed by atoms with van der Waals surface area (Å²) in [6, 6.07) is 2.20. The third-order valence-corrected chi connectivity index (χ3v) is 5.14. The monoisotopic (exact) mass is 288 g/mol. The molecule has 3 heterocycles. The zero-order chi connectivity index (χ0) is 15.6. The molecule has 3 rings (SSSR count). The average molecular weight is 288 g/mol. The lowest BCUT2D eigenvalue weighted by molar-refractivity contribution is 0.00578. The van der Waals surface area contributed by atoms with Crippen LogP contribution < -0.4 is 10.4 Å². The fourth-order valence-corrected chi connectivity index (χ4v) is 3.14. The van der Waals surface area contributed by atoms with Gasteiger partial charge in [0.25, 0.3) is 0 Å². The van der Waals surface area contributed by atoms with Gasteiger partial charge < -0.3 is 14.2 Å². The summed E-state index contributed by atoms with van der Waals surface area (Å²) < 4.78 is 12.3. The van der Waals surface area contributed by atoms with Crippen LogP contribution in [0.4, 0.5) is 5.82 Å². The van der Waals surface area contributed by atoms with E-state index in [0.29, 0.717) is 0 Å². The molecular formula is C16H25BN2O2. The zero-order valence-corrected chi connectivity index (χ0v) is 14.2. The number of hydrogen-bond acceptors (Lipinski definition) is 4. The minimum absolute atomic E-state index is 0.108. The van der Waals surface area contributed by atoms with Gasteiger partial charge in [-0.15, -0.1) is 0 Å². The van der Waals surface area contributed by atoms with E-state index in [1.54, 1.807) is 0 Å². The Hall–Kier alpha value is -1.07. The molecule has 0 atom stereocenters. The van der Waals surface area contributed by atoms with Gasteiger partial charge in [0.1, 0.15) is 5.82 Å². The Kier molecular flexibility index (Phi) is 2.99. The Balaban J connectivity index is 1.97. The maximum Gasteiger partial charge on any atom is 0.496 e. The predicted molar refractivity (Wildman–Crippen MR) is 86.2 cm³/mol. The molecule has 21 heavy (non-hydrogen) atoms. The second kappa shape index (κ2) is 4.23. The highest BCUT2D eigenvalue weighted by Crippen LogP contribution is 2.39. The van der Waals surface area contributed by atoms with E-state index in [-0.39, 0.29) is 23.7 Å². The maximum absolute atomic E-state index is 6.13. The highest BCUT2D eigenvalue weighted by atomic mass is 16.7. The van der Waals surface area contributed by atoms with Crippen molar-refractivity contribution in [1.82, 2.24) is 4.98 Å². The standard InChI is InChI=1S/C16H25BN2O2/c1-14(2)10-19(7)13-12(14)8-11(9-18-13)17-20-15(3,4)16(5,6)21-17/h8-9H,10H2,1-7H3. The number of hydrogen-bond donors (Lipinski definition) is 0. The third kappa shape index (κ3) is 2.18. The van der Waals surface area contributed by atoms with Gasteiger partial charge in [0, 0.05) is 36.2 Å². The molecule has 0 spiro atoms. The molecule has 114 valence electrons. The van der Waals surface area contributed by atoms with Crippen molar-refractivity contribution in [2.45, 2.75) is 58.2 Å². The van der Waals surface area contributed by atoms with Crippen LogP contribution in [0.3, 0.4) is 0 Å². The van der Waals surface area contributed by atoms with Crippen molar-refractivity contribution in [1.29, 1.82) is 0 Å². The second-order valence-corrected chi connectivity index (χ2v) is 7.97. The van der Waals surface area contributed by atoms with Crippen molar-refractivity contribution in [3.05, 3.63) is 17.8 Å². The van der Waals surface area contributed by atoms with Gasteiger partial charge in [-0.3, -0.25) is 0 Å². The fraction of sp³-hybridized carbons (Fsp3) is 0.688. The van der Waals surface area contributed by atoms with Gasteiger partial charge in [-0.2, -0.15) is 0 Å². The molecule has 1 fully saturated rings. The smallest absolute Gasteiger partial charge is 0.399 e. The topological polar surface area (TPSA) is 34.6 Å². The first kappa shape index (κ1) is 14.9. The first-order valence-corrected chi connectivity index (χ1v) is 7.61. The van der Waals surface area contributed by atoms with E-state index in [2.05, 4.69) is 64.5 Å². The summed E-state index contributed by atoms with van der Waals surface area (Å²) in [5.41, 5.74) is 1.76. The number of pyridine rings is 1. The van der Waals surface area contributed by atoms with Gasteiger partial charge in [0.2, 0.25) is 0 Å². The molecule has 2 aliphatic rings. The van der Waals surface area contributed by atoms with E-state index in [1.807, 2.05) is 6.20 Å². The predicted octanol–water partition coefficient (Wildman–Crippen LogP) is 2.11. The van der Waals surface area contributed by atoms with Gasteiger partial charge in [-0.25, -0.2) is 4.98 Å². The lowest BCUT2D eigenvalue weighted by Crippen LogP contribution is -2.41.